The molecular weight excluding hydrogens is 483 g/mol. The molecule has 0 saturated carbocycles. The van der Waals surface area contributed by atoms with Crippen LogP contribution in [0.15, 0.2) is 64.4 Å². The van der Waals surface area contributed by atoms with Gasteiger partial charge in [-0.05, 0) is 23.8 Å². The number of aliphatic hydroxyl groups excluding tert-OH is 2. The number of phosphoric ester groups is 1. The molecule has 14 heteroatoms. The Morgan fingerprint density at radius 2 is 1.86 bits per heavy atom. The Labute approximate surface area is 197 Å². The van der Waals surface area contributed by atoms with Crippen LogP contribution in [0.1, 0.15) is 11.9 Å². The summed E-state index contributed by atoms with van der Waals surface area (Å²) < 4.78 is 22.5. The molecule has 35 heavy (non-hydrogen) atoms. The first-order chi connectivity index (χ1) is 16.5. The molecule has 6 N–H and O–H groups in total. The van der Waals surface area contributed by atoms with Crippen molar-refractivity contribution in [2.45, 2.75) is 31.1 Å². The monoisotopic (exact) mass is 506 g/mol. The van der Waals surface area contributed by atoms with Gasteiger partial charge in [-0.3, -0.25) is 23.4 Å². The Morgan fingerprint density at radius 1 is 1.11 bits per heavy atom. The van der Waals surface area contributed by atoms with E-state index in [1.54, 1.807) is 24.3 Å². The van der Waals surface area contributed by atoms with Crippen LogP contribution in [0.2, 0.25) is 0 Å². The van der Waals surface area contributed by atoms with E-state index in [2.05, 4.69) is 9.51 Å². The van der Waals surface area contributed by atoms with Gasteiger partial charge < -0.3 is 30.5 Å². The highest BCUT2D eigenvalue weighted by atomic mass is 31.2. The van der Waals surface area contributed by atoms with E-state index in [4.69, 9.17) is 20.3 Å². The van der Waals surface area contributed by atoms with Gasteiger partial charge in [0, 0.05) is 29.7 Å². The number of aliphatic hydroxyl groups is 2. The molecule has 1 fully saturated rings. The second-order valence-corrected chi connectivity index (χ2v) is 9.13. The molecule has 0 spiro atoms. The molecule has 0 amide bonds. The lowest BCUT2D eigenvalue weighted by molar-refractivity contribution is -0.0548. The van der Waals surface area contributed by atoms with Crippen molar-refractivity contribution in [1.29, 1.82) is 0 Å². The van der Waals surface area contributed by atoms with Gasteiger partial charge in [-0.1, -0.05) is 18.2 Å². The van der Waals surface area contributed by atoms with Crippen LogP contribution in [0.3, 0.4) is 0 Å². The molecule has 2 aromatic heterocycles. The van der Waals surface area contributed by atoms with Gasteiger partial charge in [0.25, 0.3) is 5.56 Å². The molecule has 1 aliphatic rings. The summed E-state index contributed by atoms with van der Waals surface area (Å²) in [6.45, 7) is -0.929. The maximum absolute atomic E-state index is 13.1. The fraction of sp³-hybridized carbons (Fsp3) is 0.286. The number of nitrogens with zero attached hydrogens (tertiary/aromatic N) is 3. The van der Waals surface area contributed by atoms with Crippen LogP contribution < -0.4 is 17.0 Å². The van der Waals surface area contributed by atoms with Crippen molar-refractivity contribution < 1.29 is 33.8 Å². The lowest BCUT2D eigenvalue weighted by Crippen LogP contribution is -2.43. The Bertz CT molecular complexity index is 1390. The highest BCUT2D eigenvalue weighted by Crippen LogP contribution is 2.38. The smallest absolute Gasteiger partial charge is 0.398 e. The average Bonchev–Trinajstić information content (AvgIpc) is 3.09. The van der Waals surface area contributed by atoms with Gasteiger partial charge in [-0.15, -0.1) is 0 Å². The highest BCUT2D eigenvalue weighted by molar-refractivity contribution is 7.46. The lowest BCUT2D eigenvalue weighted by Gasteiger charge is -2.19. The Balaban J connectivity index is 1.62. The third-order valence-corrected chi connectivity index (χ3v) is 6.01. The molecule has 0 bridgehead atoms. The van der Waals surface area contributed by atoms with E-state index in [1.165, 1.54) is 6.20 Å². The van der Waals surface area contributed by atoms with Crippen LogP contribution in [-0.2, 0) is 20.4 Å². The van der Waals surface area contributed by atoms with Gasteiger partial charge in [0.1, 0.15) is 18.3 Å². The van der Waals surface area contributed by atoms with Gasteiger partial charge in [-0.2, -0.15) is 0 Å². The summed E-state index contributed by atoms with van der Waals surface area (Å²) in [6, 6.07) is 11.7. The predicted octanol–water partition coefficient (Wildman–Crippen LogP) is -0.569. The van der Waals surface area contributed by atoms with Crippen molar-refractivity contribution in [2.75, 3.05) is 12.3 Å². The molecule has 186 valence electrons. The molecule has 3 unspecified atom stereocenters. The molecule has 4 atom stereocenters. The summed E-state index contributed by atoms with van der Waals surface area (Å²) in [5, 5.41) is 20.6. The summed E-state index contributed by atoms with van der Waals surface area (Å²) in [5.41, 5.74) is 6.99. The summed E-state index contributed by atoms with van der Waals surface area (Å²) >= 11 is 0. The Hall–Kier alpha value is -3.16. The van der Waals surface area contributed by atoms with E-state index in [0.29, 0.717) is 11.4 Å². The normalized spacial score (nSPS) is 22.4. The van der Waals surface area contributed by atoms with E-state index in [1.807, 2.05) is 12.1 Å². The standard InChI is InChI=1S/C21H23N4O9P/c22-15-4-2-1-3-14(15)12-5-7-23-13(9-12)10-25-17(26)6-8-24(21(25)29)20-19(28)18(27)16(34-20)11-33-35(30,31)32/h1-9,16,18-20,27-28H,10-11,22H2,(H2,30,31,32)/t16-,18?,19?,20?/m1/s1. The molecule has 1 aliphatic heterocycles. The maximum Gasteiger partial charge on any atom is 0.469 e. The number of ether oxygens (including phenoxy) is 1. The Kier molecular flexibility index (Phi) is 7.01. The molecule has 4 rings (SSSR count). The minimum absolute atomic E-state index is 0.199. The number of nitrogen functional groups attached to an aromatic ring is 1. The average molecular weight is 506 g/mol. The molecular formula is C21H23N4O9P. The summed E-state index contributed by atoms with van der Waals surface area (Å²) in [5.74, 6) is 0. The topological polar surface area (TPSA) is 199 Å². The minimum atomic E-state index is -4.85. The van der Waals surface area contributed by atoms with Gasteiger partial charge in [0.05, 0.1) is 18.8 Å². The highest BCUT2D eigenvalue weighted by Gasteiger charge is 2.45. The quantitative estimate of drug-likeness (QED) is 0.203. The van der Waals surface area contributed by atoms with Gasteiger partial charge >= 0.3 is 13.5 Å². The molecule has 1 saturated heterocycles. The number of aromatic nitrogens is 3. The van der Waals surface area contributed by atoms with E-state index in [0.717, 1.165) is 32.5 Å². The van der Waals surface area contributed by atoms with Crippen molar-refractivity contribution in [3.8, 4) is 11.1 Å². The van der Waals surface area contributed by atoms with Gasteiger partial charge in [-0.25, -0.2) is 9.36 Å². The van der Waals surface area contributed by atoms with Gasteiger partial charge in [0.15, 0.2) is 6.23 Å². The first kappa shape index (κ1) is 24.9. The fourth-order valence-electron chi connectivity index (χ4n) is 3.79. The lowest BCUT2D eigenvalue weighted by atomic mass is 10.0. The van der Waals surface area contributed by atoms with Crippen molar-refractivity contribution in [3.05, 3.63) is 81.4 Å². The minimum Gasteiger partial charge on any atom is -0.398 e. The first-order valence-electron chi connectivity index (χ1n) is 10.4. The molecule has 3 heterocycles. The number of para-hydroxylation sites is 1. The summed E-state index contributed by atoms with van der Waals surface area (Å²) in [6.07, 6.45) is -3.37. The number of hydrogen-bond donors (Lipinski definition) is 5. The zero-order chi connectivity index (χ0) is 25.3. The largest absolute Gasteiger partial charge is 0.469 e. The van der Waals surface area contributed by atoms with E-state index < -0.39 is 50.2 Å². The van der Waals surface area contributed by atoms with Crippen molar-refractivity contribution in [2.24, 2.45) is 0 Å². The zero-order valence-electron chi connectivity index (χ0n) is 18.1. The molecule has 0 aliphatic carbocycles. The van der Waals surface area contributed by atoms with Crippen molar-refractivity contribution >= 4 is 13.5 Å². The number of anilines is 1. The molecule has 13 nitrogen and oxygen atoms in total. The molecule has 3 aromatic rings. The van der Waals surface area contributed by atoms with Crippen molar-refractivity contribution in [3.63, 3.8) is 0 Å². The van der Waals surface area contributed by atoms with Crippen LogP contribution in [0.4, 0.5) is 5.69 Å². The number of pyridine rings is 1. The number of benzene rings is 1. The number of phosphoric acid groups is 1. The second-order valence-electron chi connectivity index (χ2n) is 7.89. The van der Waals surface area contributed by atoms with Crippen LogP contribution in [0.25, 0.3) is 11.1 Å². The van der Waals surface area contributed by atoms with Crippen molar-refractivity contribution in [1.82, 2.24) is 14.1 Å². The second kappa shape index (κ2) is 9.84. The van der Waals surface area contributed by atoms with Crippen LogP contribution in [0, 0.1) is 0 Å². The van der Waals surface area contributed by atoms with Gasteiger partial charge in [0.2, 0.25) is 0 Å². The third kappa shape index (κ3) is 5.41. The number of hydrogen-bond acceptors (Lipinski definition) is 9. The van der Waals surface area contributed by atoms with Crippen LogP contribution in [0.5, 0.6) is 0 Å². The number of nitrogens with two attached hydrogens (primary N) is 1. The maximum atomic E-state index is 13.1. The van der Waals surface area contributed by atoms with E-state index in [-0.39, 0.29) is 6.54 Å². The summed E-state index contributed by atoms with van der Waals surface area (Å²) in [7, 11) is -4.85. The molecule has 0 radical (unpaired) electrons. The molecule has 1 aromatic carbocycles. The third-order valence-electron chi connectivity index (χ3n) is 5.52. The van der Waals surface area contributed by atoms with E-state index >= 15 is 0 Å². The first-order valence-corrected chi connectivity index (χ1v) is 11.9. The van der Waals surface area contributed by atoms with Crippen LogP contribution in [-0.4, -0.2) is 59.0 Å². The fourth-order valence-corrected chi connectivity index (χ4v) is 4.13. The SMILES string of the molecule is Nc1ccccc1-c1ccnc(Cn2c(=O)ccn(C3O[C@H](COP(=O)(O)O)C(O)C3O)c2=O)c1. The number of rotatable bonds is 7. The summed E-state index contributed by atoms with van der Waals surface area (Å²) in [4.78, 5) is 47.5. The zero-order valence-corrected chi connectivity index (χ0v) is 19.0. The Morgan fingerprint density at radius 3 is 2.57 bits per heavy atom. The predicted molar refractivity (Wildman–Crippen MR) is 122 cm³/mol. The van der Waals surface area contributed by atoms with Crippen LogP contribution >= 0.6 is 7.82 Å². The van der Waals surface area contributed by atoms with E-state index in [9.17, 15) is 24.4 Å².